The molecule has 100 valence electrons. The number of nitrogens with two attached hydrogens (primary N) is 1. The molecule has 1 rings (SSSR count). The largest absolute Gasteiger partial charge is 0.325 e. The smallest absolute Gasteiger partial charge is 0.237 e. The van der Waals surface area contributed by atoms with Gasteiger partial charge in [0, 0.05) is 12.0 Å². The van der Waals surface area contributed by atoms with Crippen LogP contribution in [0.3, 0.4) is 0 Å². The van der Waals surface area contributed by atoms with Crippen molar-refractivity contribution in [1.29, 1.82) is 0 Å². The summed E-state index contributed by atoms with van der Waals surface area (Å²) in [6.07, 6.45) is 4.86. The second-order valence-corrected chi connectivity index (χ2v) is 7.46. The molecular weight excluding hydrogens is 240 g/mol. The first-order chi connectivity index (χ1) is 7.75. The lowest BCUT2D eigenvalue weighted by molar-refractivity contribution is -0.120. The molecule has 3 N–H and O–H groups in total. The van der Waals surface area contributed by atoms with Gasteiger partial charge < -0.3 is 5.73 Å². The Bertz CT molecular complexity index is 370. The maximum absolute atomic E-state index is 11.7. The van der Waals surface area contributed by atoms with Crippen LogP contribution in [0.15, 0.2) is 0 Å². The van der Waals surface area contributed by atoms with Crippen LogP contribution in [0.2, 0.25) is 0 Å². The first kappa shape index (κ1) is 14.4. The normalized spacial score (nSPS) is 20.2. The van der Waals surface area contributed by atoms with Gasteiger partial charge in [0.2, 0.25) is 15.9 Å². The summed E-state index contributed by atoms with van der Waals surface area (Å²) in [6, 6.07) is 0. The molecule has 0 aromatic carbocycles. The summed E-state index contributed by atoms with van der Waals surface area (Å²) < 4.78 is 25.1. The van der Waals surface area contributed by atoms with Gasteiger partial charge in [-0.2, -0.15) is 0 Å². The molecule has 1 aliphatic rings. The summed E-state index contributed by atoms with van der Waals surface area (Å²) in [6.45, 7) is 3.07. The van der Waals surface area contributed by atoms with Gasteiger partial charge in [0.15, 0.2) is 0 Å². The molecule has 17 heavy (non-hydrogen) atoms. The minimum atomic E-state index is -3.53. The molecule has 1 aliphatic carbocycles. The predicted octanol–water partition coefficient (Wildman–Crippen LogP) is 0.892. The number of amides is 1. The van der Waals surface area contributed by atoms with Crippen LogP contribution in [0.5, 0.6) is 0 Å². The van der Waals surface area contributed by atoms with Crippen molar-refractivity contribution in [1.82, 2.24) is 4.72 Å². The van der Waals surface area contributed by atoms with Gasteiger partial charge >= 0.3 is 0 Å². The highest BCUT2D eigenvalue weighted by atomic mass is 32.2. The minimum Gasteiger partial charge on any atom is -0.325 e. The number of hydrogen-bond donors (Lipinski definition) is 2. The van der Waals surface area contributed by atoms with E-state index < -0.39 is 26.7 Å². The molecule has 0 bridgehead atoms. The van der Waals surface area contributed by atoms with E-state index in [0.717, 1.165) is 32.1 Å². The molecule has 0 aromatic rings. The van der Waals surface area contributed by atoms with E-state index in [1.807, 2.05) is 0 Å². The van der Waals surface area contributed by atoms with Gasteiger partial charge in [-0.05, 0) is 26.7 Å². The Hall–Kier alpha value is -0.620. The number of sulfonamides is 1. The Morgan fingerprint density at radius 2 is 1.82 bits per heavy atom. The summed E-state index contributed by atoms with van der Waals surface area (Å²) in [5.41, 5.74) is 5.58. The lowest BCUT2D eigenvalue weighted by atomic mass is 9.80. The third-order valence-corrected chi connectivity index (χ3v) is 4.99. The highest BCUT2D eigenvalue weighted by Crippen LogP contribution is 2.28. The van der Waals surface area contributed by atoms with Crippen LogP contribution < -0.4 is 10.5 Å². The van der Waals surface area contributed by atoms with Gasteiger partial charge in [-0.3, -0.25) is 9.52 Å². The van der Waals surface area contributed by atoms with E-state index in [0.29, 0.717) is 0 Å². The highest BCUT2D eigenvalue weighted by Gasteiger charge is 2.31. The van der Waals surface area contributed by atoms with Crippen LogP contribution in [0.1, 0.15) is 52.4 Å². The van der Waals surface area contributed by atoms with Crippen molar-refractivity contribution in [2.45, 2.75) is 63.2 Å². The Morgan fingerprint density at radius 1 is 1.29 bits per heavy atom. The van der Waals surface area contributed by atoms with Gasteiger partial charge in [-0.1, -0.05) is 19.3 Å². The number of carbonyl (C=O) groups is 1. The molecule has 0 heterocycles. The van der Waals surface area contributed by atoms with Gasteiger partial charge in [0.1, 0.15) is 0 Å². The van der Waals surface area contributed by atoms with Crippen molar-refractivity contribution in [3.63, 3.8) is 0 Å². The van der Waals surface area contributed by atoms with Crippen molar-refractivity contribution in [2.75, 3.05) is 0 Å². The lowest BCUT2D eigenvalue weighted by Gasteiger charge is -2.32. The molecule has 0 aliphatic heterocycles. The second kappa shape index (κ2) is 5.35. The fourth-order valence-corrected chi connectivity index (χ4v) is 2.69. The molecule has 1 saturated carbocycles. The first-order valence-electron chi connectivity index (χ1n) is 6.08. The van der Waals surface area contributed by atoms with Crippen LogP contribution in [0.25, 0.3) is 0 Å². The molecule has 5 nitrogen and oxygen atoms in total. The minimum absolute atomic E-state index is 0.0962. The van der Waals surface area contributed by atoms with Crippen LogP contribution >= 0.6 is 0 Å². The summed E-state index contributed by atoms with van der Waals surface area (Å²) in [5.74, 6) is -0.483. The molecule has 1 fully saturated rings. The average molecular weight is 262 g/mol. The van der Waals surface area contributed by atoms with Gasteiger partial charge in [-0.25, -0.2) is 8.42 Å². The number of hydrogen-bond acceptors (Lipinski definition) is 4. The highest BCUT2D eigenvalue weighted by molar-refractivity contribution is 7.90. The maximum atomic E-state index is 11.7. The zero-order chi connectivity index (χ0) is 13.1. The fourth-order valence-electron chi connectivity index (χ4n) is 2.07. The van der Waals surface area contributed by atoms with Gasteiger partial charge in [0.05, 0.1) is 5.25 Å². The quantitative estimate of drug-likeness (QED) is 0.787. The first-order valence-corrected chi connectivity index (χ1v) is 7.63. The van der Waals surface area contributed by atoms with Gasteiger partial charge in [0.25, 0.3) is 0 Å². The zero-order valence-electron chi connectivity index (χ0n) is 10.5. The lowest BCUT2D eigenvalue weighted by Crippen LogP contribution is -2.47. The molecule has 0 radical (unpaired) electrons. The van der Waals surface area contributed by atoms with Crippen molar-refractivity contribution in [3.8, 4) is 0 Å². The van der Waals surface area contributed by atoms with Crippen molar-refractivity contribution in [3.05, 3.63) is 0 Å². The summed E-state index contributed by atoms with van der Waals surface area (Å²) in [4.78, 5) is 11.7. The van der Waals surface area contributed by atoms with Crippen LogP contribution in [-0.4, -0.2) is 25.1 Å². The topological polar surface area (TPSA) is 89.3 Å². The molecule has 6 heteroatoms. The SMILES string of the molecule is CC(C)S(=O)(=O)NC(=O)CC1(N)CCCCC1. The molecule has 0 saturated heterocycles. The number of carbonyl (C=O) groups excluding carboxylic acids is 1. The second-order valence-electron chi connectivity index (χ2n) is 5.22. The van der Waals surface area contributed by atoms with Crippen LogP contribution in [0, 0.1) is 0 Å². The number of rotatable bonds is 4. The molecule has 0 spiro atoms. The molecular formula is C11H22N2O3S. The van der Waals surface area contributed by atoms with E-state index in [1.54, 1.807) is 0 Å². The Kier molecular flexibility index (Phi) is 4.55. The third-order valence-electron chi connectivity index (χ3n) is 3.24. The summed E-state index contributed by atoms with van der Waals surface area (Å²) in [7, 11) is -3.53. The van der Waals surface area contributed by atoms with E-state index in [9.17, 15) is 13.2 Å². The maximum Gasteiger partial charge on any atom is 0.237 e. The van der Waals surface area contributed by atoms with Crippen molar-refractivity contribution >= 4 is 15.9 Å². The van der Waals surface area contributed by atoms with E-state index in [1.165, 1.54) is 13.8 Å². The Balaban J connectivity index is 2.55. The molecule has 0 unspecified atom stereocenters. The zero-order valence-corrected chi connectivity index (χ0v) is 11.3. The van der Waals surface area contributed by atoms with Crippen LogP contribution in [0.4, 0.5) is 0 Å². The van der Waals surface area contributed by atoms with Gasteiger partial charge in [-0.15, -0.1) is 0 Å². The van der Waals surface area contributed by atoms with Crippen LogP contribution in [-0.2, 0) is 14.8 Å². The average Bonchev–Trinajstić information content (AvgIpc) is 2.16. The predicted molar refractivity (Wildman–Crippen MR) is 66.8 cm³/mol. The van der Waals surface area contributed by atoms with E-state index in [2.05, 4.69) is 4.72 Å². The summed E-state index contributed by atoms with van der Waals surface area (Å²) >= 11 is 0. The van der Waals surface area contributed by atoms with Crippen molar-refractivity contribution in [2.24, 2.45) is 5.73 Å². The molecule has 0 atom stereocenters. The fraction of sp³-hybridized carbons (Fsp3) is 0.909. The van der Waals surface area contributed by atoms with E-state index >= 15 is 0 Å². The standard InChI is InChI=1S/C11H22N2O3S/c1-9(2)17(15,16)13-10(14)8-11(12)6-4-3-5-7-11/h9H,3-8,12H2,1-2H3,(H,13,14). The Labute approximate surface area is 103 Å². The van der Waals surface area contributed by atoms with E-state index in [-0.39, 0.29) is 6.42 Å². The molecule has 0 aromatic heterocycles. The molecule has 1 amide bonds. The van der Waals surface area contributed by atoms with E-state index in [4.69, 9.17) is 5.73 Å². The van der Waals surface area contributed by atoms with Crippen molar-refractivity contribution < 1.29 is 13.2 Å². The third kappa shape index (κ3) is 4.27. The number of nitrogens with one attached hydrogen (secondary N) is 1. The summed E-state index contributed by atoms with van der Waals surface area (Å²) in [5, 5.41) is -0.605. The Morgan fingerprint density at radius 3 is 2.29 bits per heavy atom. The monoisotopic (exact) mass is 262 g/mol.